The quantitative estimate of drug-likeness (QED) is 0.761. The molecule has 2 aliphatic heterocycles. The number of phenolic OH excluding ortho intramolecular Hbond substituents is 1. The summed E-state index contributed by atoms with van der Waals surface area (Å²) in [5.74, 6) is 0.597. The average molecular weight is 419 g/mol. The third kappa shape index (κ3) is 4.08. The van der Waals surface area contributed by atoms with Gasteiger partial charge in [0.1, 0.15) is 11.4 Å². The van der Waals surface area contributed by atoms with Gasteiger partial charge in [-0.1, -0.05) is 6.92 Å². The summed E-state index contributed by atoms with van der Waals surface area (Å²) in [5.41, 5.74) is 2.82. The monoisotopic (exact) mass is 418 g/mol. The lowest BCUT2D eigenvalue weighted by Crippen LogP contribution is -2.42. The number of aromatic hydroxyl groups is 1. The lowest BCUT2D eigenvalue weighted by molar-refractivity contribution is 0.134. The van der Waals surface area contributed by atoms with Crippen molar-refractivity contribution < 1.29 is 18.3 Å². The highest BCUT2D eigenvalue weighted by Gasteiger charge is 2.27. The number of likely N-dealkylation sites (tertiary alicyclic amines) is 1. The number of piperidine rings is 1. The van der Waals surface area contributed by atoms with Gasteiger partial charge in [-0.25, -0.2) is 8.42 Å². The van der Waals surface area contributed by atoms with Crippen LogP contribution in [0.25, 0.3) is 11.3 Å². The van der Waals surface area contributed by atoms with E-state index in [0.717, 1.165) is 55.7 Å². The molecule has 0 unspecified atom stereocenters. The second-order valence-electron chi connectivity index (χ2n) is 7.67. The minimum atomic E-state index is -3.40. The molecular formula is C20H26N4O4S. The topological polar surface area (TPSA) is 105 Å². The van der Waals surface area contributed by atoms with Crippen LogP contribution in [-0.4, -0.2) is 60.6 Å². The number of benzene rings is 1. The molecular weight excluding hydrogens is 392 g/mol. The zero-order valence-corrected chi connectivity index (χ0v) is 17.5. The zero-order valence-electron chi connectivity index (χ0n) is 16.7. The smallest absolute Gasteiger partial charge is 0.175 e. The molecule has 1 saturated heterocycles. The molecule has 1 fully saturated rings. The molecule has 0 saturated carbocycles. The predicted molar refractivity (Wildman–Crippen MR) is 109 cm³/mol. The van der Waals surface area contributed by atoms with Gasteiger partial charge in [0, 0.05) is 35.5 Å². The largest absolute Gasteiger partial charge is 0.507 e. The first-order chi connectivity index (χ1) is 13.9. The first kappa shape index (κ1) is 20.1. The molecule has 1 atom stereocenters. The fourth-order valence-electron chi connectivity index (χ4n) is 4.00. The van der Waals surface area contributed by atoms with E-state index in [1.54, 1.807) is 6.07 Å². The molecule has 0 amide bonds. The number of sulfone groups is 1. The maximum Gasteiger partial charge on any atom is 0.175 e. The SMILES string of the molecule is CCN1CCC[C@@H](Nc2nnc(-c3ccc(S(C)(=O)=O)cc3O)c3c2COC3)C1. The number of ether oxygens (including phenoxy) is 1. The van der Waals surface area contributed by atoms with E-state index in [-0.39, 0.29) is 10.6 Å². The lowest BCUT2D eigenvalue weighted by atomic mass is 10.0. The van der Waals surface area contributed by atoms with Crippen molar-refractivity contribution in [1.29, 1.82) is 0 Å². The molecule has 8 nitrogen and oxygen atoms in total. The van der Waals surface area contributed by atoms with E-state index in [9.17, 15) is 13.5 Å². The molecule has 4 rings (SSSR count). The van der Waals surface area contributed by atoms with Gasteiger partial charge in [0.05, 0.1) is 18.1 Å². The second kappa shape index (κ2) is 7.89. The van der Waals surface area contributed by atoms with Crippen molar-refractivity contribution in [2.24, 2.45) is 0 Å². The number of likely N-dealkylation sites (N-methyl/N-ethyl adjacent to an activating group) is 1. The van der Waals surface area contributed by atoms with E-state index in [0.29, 0.717) is 30.5 Å². The van der Waals surface area contributed by atoms with Crippen molar-refractivity contribution in [3.8, 4) is 17.0 Å². The molecule has 0 bridgehead atoms. The van der Waals surface area contributed by atoms with Crippen LogP contribution in [0.4, 0.5) is 5.82 Å². The number of fused-ring (bicyclic) bond motifs is 1. The predicted octanol–water partition coefficient (Wildman–Crippen LogP) is 2.18. The van der Waals surface area contributed by atoms with E-state index < -0.39 is 9.84 Å². The minimum Gasteiger partial charge on any atom is -0.507 e. The highest BCUT2D eigenvalue weighted by molar-refractivity contribution is 7.90. The number of nitrogens with zero attached hydrogens (tertiary/aromatic N) is 3. The van der Waals surface area contributed by atoms with Gasteiger partial charge < -0.3 is 20.1 Å². The number of hydrogen-bond acceptors (Lipinski definition) is 8. The van der Waals surface area contributed by atoms with Crippen LogP contribution < -0.4 is 5.32 Å². The highest BCUT2D eigenvalue weighted by atomic mass is 32.2. The molecule has 0 aliphatic carbocycles. The zero-order chi connectivity index (χ0) is 20.6. The third-order valence-corrected chi connectivity index (χ3v) is 6.74. The lowest BCUT2D eigenvalue weighted by Gasteiger charge is -2.32. The van der Waals surface area contributed by atoms with Crippen LogP contribution in [0.1, 0.15) is 30.9 Å². The first-order valence-corrected chi connectivity index (χ1v) is 11.7. The molecule has 0 radical (unpaired) electrons. The molecule has 0 spiro atoms. The van der Waals surface area contributed by atoms with E-state index in [2.05, 4.69) is 27.3 Å². The van der Waals surface area contributed by atoms with Gasteiger partial charge in [-0.2, -0.15) is 0 Å². The Kier molecular flexibility index (Phi) is 5.46. The van der Waals surface area contributed by atoms with Crippen molar-refractivity contribution in [2.75, 3.05) is 31.2 Å². The molecule has 3 heterocycles. The number of hydrogen-bond donors (Lipinski definition) is 2. The van der Waals surface area contributed by atoms with Crippen molar-refractivity contribution in [2.45, 2.75) is 43.9 Å². The van der Waals surface area contributed by atoms with E-state index in [1.807, 2.05) is 0 Å². The minimum absolute atomic E-state index is 0.0654. The Morgan fingerprint density at radius 3 is 2.79 bits per heavy atom. The van der Waals surface area contributed by atoms with Gasteiger partial charge in [0.2, 0.25) is 0 Å². The standard InChI is InChI=1S/C20H26N4O4S/c1-3-24-8-4-5-13(10-24)21-20-17-12-28-11-16(17)19(22-23-20)15-7-6-14(9-18(15)25)29(2,26)27/h6-7,9,13,25H,3-5,8,10-12H2,1-2H3,(H,21,23)/t13-/m1/s1. The first-order valence-electron chi connectivity index (χ1n) is 9.85. The van der Waals surface area contributed by atoms with Gasteiger partial charge in [-0.3, -0.25) is 0 Å². The summed E-state index contributed by atoms with van der Waals surface area (Å²) in [5, 5.41) is 22.7. The van der Waals surface area contributed by atoms with E-state index in [4.69, 9.17) is 4.74 Å². The number of aromatic nitrogens is 2. The van der Waals surface area contributed by atoms with Crippen LogP contribution in [-0.2, 0) is 27.8 Å². The van der Waals surface area contributed by atoms with Crippen molar-refractivity contribution in [3.63, 3.8) is 0 Å². The van der Waals surface area contributed by atoms with Gasteiger partial charge >= 0.3 is 0 Å². The van der Waals surface area contributed by atoms with E-state index in [1.165, 1.54) is 12.1 Å². The molecule has 1 aromatic carbocycles. The molecule has 9 heteroatoms. The van der Waals surface area contributed by atoms with Crippen LogP contribution in [0.2, 0.25) is 0 Å². The van der Waals surface area contributed by atoms with Gasteiger partial charge in [-0.15, -0.1) is 10.2 Å². The summed E-state index contributed by atoms with van der Waals surface area (Å²) >= 11 is 0. The number of rotatable bonds is 5. The fourth-order valence-corrected chi connectivity index (χ4v) is 4.64. The van der Waals surface area contributed by atoms with Crippen molar-refractivity contribution in [3.05, 3.63) is 29.3 Å². The summed E-state index contributed by atoms with van der Waals surface area (Å²) in [4.78, 5) is 2.48. The van der Waals surface area contributed by atoms with Crippen LogP contribution in [0.15, 0.2) is 23.1 Å². The van der Waals surface area contributed by atoms with Crippen molar-refractivity contribution >= 4 is 15.7 Å². The fraction of sp³-hybridized carbons (Fsp3) is 0.500. The van der Waals surface area contributed by atoms with Gasteiger partial charge in [0.15, 0.2) is 15.7 Å². The Morgan fingerprint density at radius 1 is 1.28 bits per heavy atom. The van der Waals surface area contributed by atoms with Gasteiger partial charge in [0.25, 0.3) is 0 Å². The molecule has 29 heavy (non-hydrogen) atoms. The van der Waals surface area contributed by atoms with Crippen LogP contribution >= 0.6 is 0 Å². The van der Waals surface area contributed by atoms with E-state index >= 15 is 0 Å². The summed E-state index contributed by atoms with van der Waals surface area (Å²) in [6.07, 6.45) is 3.34. The summed E-state index contributed by atoms with van der Waals surface area (Å²) in [6, 6.07) is 4.61. The number of phenols is 1. The number of nitrogens with one attached hydrogen (secondary N) is 1. The maximum absolute atomic E-state index is 11.7. The Bertz CT molecular complexity index is 1030. The van der Waals surface area contributed by atoms with Crippen molar-refractivity contribution in [1.82, 2.24) is 15.1 Å². The Morgan fingerprint density at radius 2 is 2.07 bits per heavy atom. The molecule has 2 aliphatic rings. The normalized spacial score (nSPS) is 19.9. The highest BCUT2D eigenvalue weighted by Crippen LogP contribution is 2.37. The summed E-state index contributed by atoms with van der Waals surface area (Å²) in [6.45, 7) is 6.13. The molecule has 2 N–H and O–H groups in total. The van der Waals surface area contributed by atoms with Gasteiger partial charge in [-0.05, 0) is 44.1 Å². The summed E-state index contributed by atoms with van der Waals surface area (Å²) < 4.78 is 29.1. The molecule has 156 valence electrons. The van der Waals surface area contributed by atoms with Crippen LogP contribution in [0.5, 0.6) is 5.75 Å². The van der Waals surface area contributed by atoms with Crippen LogP contribution in [0.3, 0.4) is 0 Å². The Balaban J connectivity index is 1.65. The number of anilines is 1. The third-order valence-electron chi connectivity index (χ3n) is 5.62. The van der Waals surface area contributed by atoms with Crippen LogP contribution in [0, 0.1) is 0 Å². The Hall–Kier alpha value is -2.23. The molecule has 1 aromatic heterocycles. The summed E-state index contributed by atoms with van der Waals surface area (Å²) in [7, 11) is -3.40. The Labute approximate surface area is 170 Å². The second-order valence-corrected chi connectivity index (χ2v) is 9.69. The maximum atomic E-state index is 11.7. The average Bonchev–Trinajstić information content (AvgIpc) is 3.18. The molecule has 2 aromatic rings.